The van der Waals surface area contributed by atoms with Crippen LogP contribution in [0.25, 0.3) is 0 Å². The summed E-state index contributed by atoms with van der Waals surface area (Å²) in [4.78, 5) is 11.9. The number of carbonyl (C=O) groups excluding carboxylic acids is 1. The molecule has 0 saturated heterocycles. The Hall–Kier alpha value is -0.450. The Morgan fingerprint density at radius 2 is 1.89 bits per heavy atom. The predicted molar refractivity (Wildman–Crippen MR) is 87.5 cm³/mol. The smallest absolute Gasteiger partial charge is 0.150 e. The van der Waals surface area contributed by atoms with Crippen LogP contribution in [0.3, 0.4) is 0 Å². The summed E-state index contributed by atoms with van der Waals surface area (Å²) in [5, 5.41) is 0. The summed E-state index contributed by atoms with van der Waals surface area (Å²) in [5.74, 6) is 0.848. The van der Waals surface area contributed by atoms with E-state index in [1.165, 1.54) is 5.56 Å². The Kier molecular flexibility index (Phi) is 6.97. The molecule has 0 bridgehead atoms. The summed E-state index contributed by atoms with van der Waals surface area (Å²) >= 11 is 0. The van der Waals surface area contributed by atoms with Gasteiger partial charge in [-0.15, -0.1) is 0 Å². The van der Waals surface area contributed by atoms with Gasteiger partial charge in [0, 0.05) is 16.9 Å². The lowest BCUT2D eigenvalue weighted by Crippen LogP contribution is -2.33. The number of ketones is 1. The molecule has 0 fully saturated rings. The molecule has 1 rings (SSSR count). The second-order valence-corrected chi connectivity index (χ2v) is 8.71. The highest BCUT2D eigenvalue weighted by Crippen LogP contribution is 2.35. The second kappa shape index (κ2) is 7.98. The Morgan fingerprint density at radius 3 is 2.47 bits per heavy atom. The topological polar surface area (TPSA) is 43.1 Å². The fraction of sp³-hybridized carbons (Fsp3) is 0.533. The zero-order valence-corrected chi connectivity index (χ0v) is 13.5. The third-order valence-corrected chi connectivity index (χ3v) is 5.85. The first-order chi connectivity index (χ1) is 8.88. The number of Topliss-reactive ketones (excluding diaryl/α,β-unsaturated/α-hetero) is 1. The summed E-state index contributed by atoms with van der Waals surface area (Å²) in [5.41, 5.74) is 7.12. The van der Waals surface area contributed by atoms with E-state index in [1.54, 1.807) is 21.6 Å². The molecule has 2 nitrogen and oxygen atoms in total. The van der Waals surface area contributed by atoms with Crippen molar-refractivity contribution in [2.24, 2.45) is 5.73 Å². The minimum atomic E-state index is -0.344. The Labute approximate surface area is 124 Å². The quantitative estimate of drug-likeness (QED) is 0.779. The lowest BCUT2D eigenvalue weighted by molar-refractivity contribution is -0.119. The highest BCUT2D eigenvalue weighted by atomic mass is 33.1. The van der Waals surface area contributed by atoms with E-state index in [2.05, 4.69) is 20.8 Å². The second-order valence-electron chi connectivity index (χ2n) is 5.54. The fourth-order valence-corrected chi connectivity index (χ4v) is 3.93. The van der Waals surface area contributed by atoms with E-state index in [-0.39, 0.29) is 16.6 Å². The van der Waals surface area contributed by atoms with Gasteiger partial charge in [0.15, 0.2) is 5.78 Å². The minimum Gasteiger partial charge on any atom is -0.321 e. The van der Waals surface area contributed by atoms with E-state index in [0.29, 0.717) is 12.2 Å². The zero-order valence-electron chi connectivity index (χ0n) is 11.9. The third kappa shape index (κ3) is 7.65. The molecule has 19 heavy (non-hydrogen) atoms. The van der Waals surface area contributed by atoms with Gasteiger partial charge in [0.2, 0.25) is 0 Å². The van der Waals surface area contributed by atoms with E-state index in [0.717, 1.165) is 6.42 Å². The number of nitrogens with two attached hydrogens (primary N) is 1. The molecule has 1 aromatic rings. The van der Waals surface area contributed by atoms with E-state index in [9.17, 15) is 4.79 Å². The average molecular weight is 297 g/mol. The van der Waals surface area contributed by atoms with Crippen LogP contribution in [0.2, 0.25) is 0 Å². The van der Waals surface area contributed by atoms with E-state index in [1.807, 2.05) is 30.3 Å². The molecule has 0 spiro atoms. The summed E-state index contributed by atoms with van der Waals surface area (Å²) in [7, 11) is 3.47. The van der Waals surface area contributed by atoms with Gasteiger partial charge >= 0.3 is 0 Å². The van der Waals surface area contributed by atoms with Crippen molar-refractivity contribution in [3.05, 3.63) is 35.9 Å². The van der Waals surface area contributed by atoms with Crippen LogP contribution in [0.5, 0.6) is 0 Å². The lowest BCUT2D eigenvalue weighted by atomic mass is 10.0. The van der Waals surface area contributed by atoms with Gasteiger partial charge in [-0.05, 0) is 12.0 Å². The van der Waals surface area contributed by atoms with Crippen LogP contribution in [0.15, 0.2) is 30.3 Å². The summed E-state index contributed by atoms with van der Waals surface area (Å²) in [6.45, 7) is 6.48. The van der Waals surface area contributed by atoms with Crippen molar-refractivity contribution >= 4 is 27.4 Å². The number of hydrogen-bond acceptors (Lipinski definition) is 4. The largest absolute Gasteiger partial charge is 0.321 e. The molecule has 4 heteroatoms. The fourth-order valence-electron chi connectivity index (χ4n) is 1.47. The van der Waals surface area contributed by atoms with Gasteiger partial charge in [-0.25, -0.2) is 0 Å². The summed E-state index contributed by atoms with van der Waals surface area (Å²) in [6, 6.07) is 9.72. The van der Waals surface area contributed by atoms with Gasteiger partial charge in [0.05, 0.1) is 6.04 Å². The Bertz CT molecular complexity index is 387. The minimum absolute atomic E-state index is 0.158. The van der Waals surface area contributed by atoms with Crippen LogP contribution in [0.4, 0.5) is 0 Å². The normalized spacial score (nSPS) is 13.3. The van der Waals surface area contributed by atoms with Crippen molar-refractivity contribution in [2.45, 2.75) is 44.4 Å². The van der Waals surface area contributed by atoms with Gasteiger partial charge in [0.25, 0.3) is 0 Å². The molecular formula is C15H23NOS2. The molecule has 1 aromatic carbocycles. The molecule has 106 valence electrons. The Morgan fingerprint density at radius 1 is 1.26 bits per heavy atom. The van der Waals surface area contributed by atoms with Crippen molar-refractivity contribution < 1.29 is 4.79 Å². The van der Waals surface area contributed by atoms with E-state index >= 15 is 0 Å². The van der Waals surface area contributed by atoms with Gasteiger partial charge in [-0.3, -0.25) is 4.79 Å². The van der Waals surface area contributed by atoms with Gasteiger partial charge in [-0.2, -0.15) is 0 Å². The van der Waals surface area contributed by atoms with Crippen LogP contribution >= 0.6 is 21.6 Å². The van der Waals surface area contributed by atoms with Crippen molar-refractivity contribution in [2.75, 3.05) is 5.75 Å². The number of aryl methyl sites for hydroxylation is 1. The molecule has 2 N–H and O–H groups in total. The highest BCUT2D eigenvalue weighted by Gasteiger charge is 2.16. The monoisotopic (exact) mass is 297 g/mol. The van der Waals surface area contributed by atoms with Crippen LogP contribution in [0, 0.1) is 0 Å². The molecule has 0 aliphatic carbocycles. The molecule has 0 saturated carbocycles. The van der Waals surface area contributed by atoms with Gasteiger partial charge in [-0.1, -0.05) is 72.7 Å². The molecule has 1 atom stereocenters. The predicted octanol–water partition coefficient (Wildman–Crippen LogP) is 3.70. The van der Waals surface area contributed by atoms with E-state index < -0.39 is 0 Å². The molecule has 0 aliphatic heterocycles. The molecular weight excluding hydrogens is 274 g/mol. The van der Waals surface area contributed by atoms with Crippen LogP contribution in [-0.2, 0) is 11.2 Å². The SMILES string of the molecule is CC(C)(C)SSC[C@H](N)C(=O)CCc1ccccc1. The Balaban J connectivity index is 2.25. The van der Waals surface area contributed by atoms with Crippen molar-refractivity contribution in [1.82, 2.24) is 0 Å². The van der Waals surface area contributed by atoms with Gasteiger partial charge in [0.1, 0.15) is 0 Å². The average Bonchev–Trinajstić information content (AvgIpc) is 2.35. The van der Waals surface area contributed by atoms with Crippen molar-refractivity contribution in [3.8, 4) is 0 Å². The molecule has 0 amide bonds. The summed E-state index contributed by atoms with van der Waals surface area (Å²) < 4.78 is 0.206. The number of hydrogen-bond donors (Lipinski definition) is 1. The van der Waals surface area contributed by atoms with Crippen LogP contribution in [0.1, 0.15) is 32.8 Å². The molecule has 0 aromatic heterocycles. The maximum Gasteiger partial charge on any atom is 0.150 e. The number of carbonyl (C=O) groups is 1. The molecule has 0 aliphatic rings. The third-order valence-electron chi connectivity index (χ3n) is 2.47. The van der Waals surface area contributed by atoms with Crippen molar-refractivity contribution in [1.29, 1.82) is 0 Å². The summed E-state index contributed by atoms with van der Waals surface area (Å²) in [6.07, 6.45) is 1.32. The number of rotatable bonds is 7. The lowest BCUT2D eigenvalue weighted by Gasteiger charge is -2.17. The van der Waals surface area contributed by atoms with Crippen LogP contribution in [-0.4, -0.2) is 22.3 Å². The maximum atomic E-state index is 11.9. The molecule has 0 radical (unpaired) electrons. The standard InChI is InChI=1S/C15H23NOS2/c1-15(2,3)19-18-11-13(16)14(17)10-9-12-7-5-4-6-8-12/h4-8,13H,9-11,16H2,1-3H3/t13-/m0/s1. The first kappa shape index (κ1) is 16.6. The first-order valence-electron chi connectivity index (χ1n) is 6.51. The zero-order chi connectivity index (χ0) is 14.3. The van der Waals surface area contributed by atoms with Crippen molar-refractivity contribution in [3.63, 3.8) is 0 Å². The molecule has 0 unspecified atom stereocenters. The van der Waals surface area contributed by atoms with Crippen LogP contribution < -0.4 is 5.73 Å². The molecule has 0 heterocycles. The highest BCUT2D eigenvalue weighted by molar-refractivity contribution is 8.77. The number of benzene rings is 1. The van der Waals surface area contributed by atoms with Gasteiger partial charge < -0.3 is 5.73 Å². The van der Waals surface area contributed by atoms with E-state index in [4.69, 9.17) is 5.73 Å². The maximum absolute atomic E-state index is 11.9. The first-order valence-corrected chi connectivity index (χ1v) is 8.83.